The van der Waals surface area contributed by atoms with E-state index in [1.165, 1.54) is 24.1 Å². The van der Waals surface area contributed by atoms with Crippen LogP contribution in [0.2, 0.25) is 0 Å². The minimum Gasteiger partial charge on any atom is -0.469 e. The van der Waals surface area contributed by atoms with Gasteiger partial charge in [0.15, 0.2) is 6.61 Å². The fourth-order valence-corrected chi connectivity index (χ4v) is 3.01. The van der Waals surface area contributed by atoms with E-state index in [4.69, 9.17) is 9.47 Å². The highest BCUT2D eigenvalue weighted by Gasteiger charge is 2.28. The zero-order valence-electron chi connectivity index (χ0n) is 16.0. The average Bonchev–Trinajstić information content (AvgIpc) is 2.70. The maximum absolute atomic E-state index is 12.2. The number of esters is 2. The molecule has 1 saturated heterocycles. The number of nitro groups is 1. The Morgan fingerprint density at radius 3 is 2.43 bits per heavy atom. The van der Waals surface area contributed by atoms with Crippen molar-refractivity contribution in [2.45, 2.75) is 12.8 Å². The average molecular weight is 393 g/mol. The second-order valence-electron chi connectivity index (χ2n) is 6.61. The minimum absolute atomic E-state index is 0.00509. The predicted octanol–water partition coefficient (Wildman–Crippen LogP) is 1.23. The van der Waals surface area contributed by atoms with Crippen LogP contribution in [0.25, 0.3) is 0 Å². The lowest BCUT2D eigenvalue weighted by Crippen LogP contribution is -2.42. The van der Waals surface area contributed by atoms with Crippen molar-refractivity contribution in [3.8, 4) is 0 Å². The Kier molecular flexibility index (Phi) is 6.91. The standard InChI is InChI=1S/C18H23N3O7/c1-19(2)14-5-4-13(10-15(14)21(25)26)18(24)28-11-16(22)20-8-6-12(7-9-20)17(23)27-3/h4-5,10,12H,6-9,11H2,1-3H3. The molecule has 2 rings (SSSR count). The van der Waals surface area contributed by atoms with Gasteiger partial charge in [-0.2, -0.15) is 0 Å². The molecule has 10 nitrogen and oxygen atoms in total. The van der Waals surface area contributed by atoms with Gasteiger partial charge >= 0.3 is 11.9 Å². The second kappa shape index (κ2) is 9.16. The molecule has 10 heteroatoms. The molecule has 1 aromatic rings. The quantitative estimate of drug-likeness (QED) is 0.402. The van der Waals surface area contributed by atoms with E-state index in [9.17, 15) is 24.5 Å². The summed E-state index contributed by atoms with van der Waals surface area (Å²) in [5.41, 5.74) is 0.122. The molecule has 0 spiro atoms. The number of methoxy groups -OCH3 is 1. The fourth-order valence-electron chi connectivity index (χ4n) is 3.01. The van der Waals surface area contributed by atoms with Gasteiger partial charge in [0.2, 0.25) is 0 Å². The molecule has 1 amide bonds. The number of hydrogen-bond acceptors (Lipinski definition) is 8. The summed E-state index contributed by atoms with van der Waals surface area (Å²) in [5.74, 6) is -1.71. The van der Waals surface area contributed by atoms with E-state index in [-0.39, 0.29) is 29.0 Å². The van der Waals surface area contributed by atoms with Gasteiger partial charge in [0.25, 0.3) is 11.6 Å². The molecule has 1 heterocycles. The third-order valence-electron chi connectivity index (χ3n) is 4.60. The van der Waals surface area contributed by atoms with E-state index < -0.39 is 17.5 Å². The molecular formula is C18H23N3O7. The summed E-state index contributed by atoms with van der Waals surface area (Å²) in [6.07, 6.45) is 0.981. The third kappa shape index (κ3) is 4.96. The Bertz CT molecular complexity index is 770. The van der Waals surface area contributed by atoms with Gasteiger partial charge in [-0.3, -0.25) is 19.7 Å². The van der Waals surface area contributed by atoms with E-state index >= 15 is 0 Å². The van der Waals surface area contributed by atoms with E-state index in [1.54, 1.807) is 19.0 Å². The van der Waals surface area contributed by atoms with Crippen LogP contribution >= 0.6 is 0 Å². The number of rotatable bonds is 6. The van der Waals surface area contributed by atoms with Gasteiger partial charge in [0.05, 0.1) is 23.5 Å². The first-order chi connectivity index (χ1) is 13.2. The molecule has 1 aromatic carbocycles. The highest BCUT2D eigenvalue weighted by atomic mass is 16.6. The highest BCUT2D eigenvalue weighted by molar-refractivity contribution is 5.93. The van der Waals surface area contributed by atoms with E-state index in [2.05, 4.69) is 0 Å². The van der Waals surface area contributed by atoms with Crippen LogP contribution in [0, 0.1) is 16.0 Å². The number of carbonyl (C=O) groups excluding carboxylic acids is 3. The summed E-state index contributed by atoms with van der Waals surface area (Å²) in [4.78, 5) is 49.6. The number of nitrogens with zero attached hydrogens (tertiary/aromatic N) is 3. The number of ether oxygens (including phenoxy) is 2. The van der Waals surface area contributed by atoms with Gasteiger partial charge in [-0.25, -0.2) is 4.79 Å². The van der Waals surface area contributed by atoms with E-state index in [0.717, 1.165) is 6.07 Å². The zero-order valence-corrected chi connectivity index (χ0v) is 16.0. The van der Waals surface area contributed by atoms with Crippen LogP contribution in [0.4, 0.5) is 11.4 Å². The minimum atomic E-state index is -0.814. The van der Waals surface area contributed by atoms with Gasteiger partial charge in [0.1, 0.15) is 5.69 Å². The van der Waals surface area contributed by atoms with Crippen molar-refractivity contribution in [2.75, 3.05) is 45.8 Å². The Labute approximate surface area is 162 Å². The summed E-state index contributed by atoms with van der Waals surface area (Å²) >= 11 is 0. The fraction of sp³-hybridized carbons (Fsp3) is 0.500. The van der Waals surface area contributed by atoms with Crippen LogP contribution < -0.4 is 4.90 Å². The molecule has 0 aliphatic carbocycles. The summed E-state index contributed by atoms with van der Waals surface area (Å²) in [6.45, 7) is 0.281. The Balaban J connectivity index is 1.93. The predicted molar refractivity (Wildman–Crippen MR) is 99.0 cm³/mol. The van der Waals surface area contributed by atoms with Gasteiger partial charge in [0, 0.05) is 33.3 Å². The molecular weight excluding hydrogens is 370 g/mol. The molecule has 1 aliphatic heterocycles. The molecule has 1 fully saturated rings. The van der Waals surface area contributed by atoms with Crippen molar-refractivity contribution < 1.29 is 28.8 Å². The molecule has 0 radical (unpaired) electrons. The van der Waals surface area contributed by atoms with Crippen LogP contribution in [-0.2, 0) is 19.1 Å². The number of hydrogen-bond donors (Lipinski definition) is 0. The Hall–Kier alpha value is -3.17. The molecule has 28 heavy (non-hydrogen) atoms. The first-order valence-corrected chi connectivity index (χ1v) is 8.73. The van der Waals surface area contributed by atoms with Crippen molar-refractivity contribution in [3.05, 3.63) is 33.9 Å². The van der Waals surface area contributed by atoms with Crippen LogP contribution in [0.15, 0.2) is 18.2 Å². The molecule has 0 saturated carbocycles. The summed E-state index contributed by atoms with van der Waals surface area (Å²) in [5, 5.41) is 11.2. The van der Waals surface area contributed by atoms with Gasteiger partial charge < -0.3 is 19.3 Å². The molecule has 0 bridgehead atoms. The smallest absolute Gasteiger partial charge is 0.338 e. The molecule has 0 aromatic heterocycles. The largest absolute Gasteiger partial charge is 0.469 e. The van der Waals surface area contributed by atoms with Crippen LogP contribution in [-0.4, -0.2) is 68.6 Å². The SMILES string of the molecule is COC(=O)C1CCN(C(=O)COC(=O)c2ccc(N(C)C)c([N+](=O)[O-])c2)CC1. The van der Waals surface area contributed by atoms with Crippen LogP contribution in [0.3, 0.4) is 0 Å². The van der Waals surface area contributed by atoms with Gasteiger partial charge in [-0.15, -0.1) is 0 Å². The van der Waals surface area contributed by atoms with Gasteiger partial charge in [-0.05, 0) is 25.0 Å². The first kappa shape index (κ1) is 21.1. The van der Waals surface area contributed by atoms with Crippen molar-refractivity contribution in [2.24, 2.45) is 5.92 Å². The number of anilines is 1. The number of likely N-dealkylation sites (tertiary alicyclic amines) is 1. The van der Waals surface area contributed by atoms with Crippen molar-refractivity contribution in [1.82, 2.24) is 4.90 Å². The summed E-state index contributed by atoms with van der Waals surface area (Å²) in [7, 11) is 4.64. The maximum atomic E-state index is 12.2. The number of amides is 1. The maximum Gasteiger partial charge on any atom is 0.338 e. The van der Waals surface area contributed by atoms with E-state index in [1.807, 2.05) is 0 Å². The van der Waals surface area contributed by atoms with E-state index in [0.29, 0.717) is 31.6 Å². The lowest BCUT2D eigenvalue weighted by Gasteiger charge is -2.30. The third-order valence-corrected chi connectivity index (χ3v) is 4.60. The lowest BCUT2D eigenvalue weighted by molar-refractivity contribution is -0.384. The monoisotopic (exact) mass is 393 g/mol. The van der Waals surface area contributed by atoms with Crippen LogP contribution in [0.5, 0.6) is 0 Å². The summed E-state index contributed by atoms with van der Waals surface area (Å²) in [6, 6.07) is 4.00. The number of benzene rings is 1. The Morgan fingerprint density at radius 2 is 1.89 bits per heavy atom. The highest BCUT2D eigenvalue weighted by Crippen LogP contribution is 2.28. The van der Waals surface area contributed by atoms with Crippen molar-refractivity contribution in [1.29, 1.82) is 0 Å². The van der Waals surface area contributed by atoms with Crippen molar-refractivity contribution in [3.63, 3.8) is 0 Å². The first-order valence-electron chi connectivity index (χ1n) is 8.73. The zero-order chi connectivity index (χ0) is 20.8. The Morgan fingerprint density at radius 1 is 1.25 bits per heavy atom. The van der Waals surface area contributed by atoms with Crippen molar-refractivity contribution >= 4 is 29.2 Å². The van der Waals surface area contributed by atoms with Crippen LogP contribution in [0.1, 0.15) is 23.2 Å². The number of carbonyl (C=O) groups is 3. The van der Waals surface area contributed by atoms with Gasteiger partial charge in [-0.1, -0.05) is 0 Å². The topological polar surface area (TPSA) is 119 Å². The number of nitro benzene ring substituents is 1. The molecule has 1 aliphatic rings. The molecule has 0 atom stereocenters. The molecule has 152 valence electrons. The second-order valence-corrected chi connectivity index (χ2v) is 6.61. The summed E-state index contributed by atoms with van der Waals surface area (Å²) < 4.78 is 9.72. The normalized spacial score (nSPS) is 14.3. The lowest BCUT2D eigenvalue weighted by atomic mass is 9.97. The number of piperidine rings is 1. The molecule has 0 unspecified atom stereocenters. The molecule has 0 N–H and O–H groups in total.